The van der Waals surface area contributed by atoms with Crippen molar-refractivity contribution < 1.29 is 4.79 Å². The van der Waals surface area contributed by atoms with Crippen LogP contribution in [0.25, 0.3) is 11.4 Å². The van der Waals surface area contributed by atoms with Crippen LogP contribution < -0.4 is 0 Å². The molecule has 1 fully saturated rings. The van der Waals surface area contributed by atoms with Crippen molar-refractivity contribution in [3.63, 3.8) is 0 Å². The minimum Gasteiger partial charge on any atom is -0.339 e. The van der Waals surface area contributed by atoms with Gasteiger partial charge >= 0.3 is 0 Å². The molecule has 24 heavy (non-hydrogen) atoms. The van der Waals surface area contributed by atoms with E-state index in [0.717, 1.165) is 42.5 Å². The number of benzene rings is 1. The number of hydrogen-bond donors (Lipinski definition) is 0. The Labute approximate surface area is 147 Å². The number of piperidine rings is 1. The lowest BCUT2D eigenvalue weighted by atomic mass is 10.0. The Morgan fingerprint density at radius 3 is 2.75 bits per heavy atom. The number of aromatic nitrogens is 3. The fourth-order valence-corrected chi connectivity index (χ4v) is 4.05. The highest BCUT2D eigenvalue weighted by Gasteiger charge is 2.24. The molecule has 0 radical (unpaired) electrons. The molecule has 0 aliphatic carbocycles. The molecule has 1 amide bonds. The number of nitrogens with zero attached hydrogens (tertiary/aromatic N) is 4. The van der Waals surface area contributed by atoms with Crippen LogP contribution in [-0.4, -0.2) is 43.9 Å². The first-order valence-corrected chi connectivity index (χ1v) is 9.60. The smallest absolute Gasteiger partial charge is 0.233 e. The van der Waals surface area contributed by atoms with Crippen LogP contribution in [-0.2, 0) is 11.3 Å². The van der Waals surface area contributed by atoms with Crippen LogP contribution in [0, 0.1) is 0 Å². The minimum atomic E-state index is 0.208. The van der Waals surface area contributed by atoms with Crippen molar-refractivity contribution in [2.24, 2.45) is 0 Å². The zero-order chi connectivity index (χ0) is 16.9. The number of carbonyl (C=O) groups is 1. The topological polar surface area (TPSA) is 51.0 Å². The predicted octanol–water partition coefficient (Wildman–Crippen LogP) is 3.46. The third-order valence-electron chi connectivity index (χ3n) is 4.51. The molecule has 1 aromatic heterocycles. The second-order valence-electron chi connectivity index (χ2n) is 6.14. The Bertz CT molecular complexity index is 686. The zero-order valence-corrected chi connectivity index (χ0v) is 15.1. The summed E-state index contributed by atoms with van der Waals surface area (Å²) in [5.41, 5.74) is 1.05. The van der Waals surface area contributed by atoms with E-state index >= 15 is 0 Å². The molecule has 0 saturated carbocycles. The van der Waals surface area contributed by atoms with E-state index in [1.165, 1.54) is 18.2 Å². The maximum atomic E-state index is 12.5. The first-order valence-electron chi connectivity index (χ1n) is 8.61. The van der Waals surface area contributed by atoms with Gasteiger partial charge in [-0.3, -0.25) is 4.79 Å². The Kier molecular flexibility index (Phi) is 5.56. The number of thioether (sulfide) groups is 1. The van der Waals surface area contributed by atoms with Gasteiger partial charge in [-0.1, -0.05) is 42.1 Å². The molecule has 0 N–H and O–H groups in total. The largest absolute Gasteiger partial charge is 0.339 e. The molecule has 0 unspecified atom stereocenters. The molecular weight excluding hydrogens is 320 g/mol. The van der Waals surface area contributed by atoms with Gasteiger partial charge in [-0.25, -0.2) is 0 Å². The van der Waals surface area contributed by atoms with Crippen molar-refractivity contribution in [2.75, 3.05) is 12.3 Å². The van der Waals surface area contributed by atoms with Gasteiger partial charge in [0.2, 0.25) is 5.91 Å². The summed E-state index contributed by atoms with van der Waals surface area (Å²) in [6.45, 7) is 5.89. The fraction of sp³-hybridized carbons (Fsp3) is 0.500. The second kappa shape index (κ2) is 7.83. The molecule has 1 aliphatic rings. The van der Waals surface area contributed by atoms with E-state index in [2.05, 4.69) is 28.6 Å². The lowest BCUT2D eigenvalue weighted by Crippen LogP contribution is -2.43. The number of likely N-dealkylation sites (tertiary alicyclic amines) is 1. The van der Waals surface area contributed by atoms with Crippen LogP contribution in [0.15, 0.2) is 35.5 Å². The van der Waals surface area contributed by atoms with E-state index in [9.17, 15) is 4.79 Å². The summed E-state index contributed by atoms with van der Waals surface area (Å²) in [5.74, 6) is 1.50. The average Bonchev–Trinajstić information content (AvgIpc) is 3.03. The van der Waals surface area contributed by atoms with Gasteiger partial charge in [-0.15, -0.1) is 10.2 Å². The molecule has 6 heteroatoms. The molecule has 1 aromatic carbocycles. The van der Waals surface area contributed by atoms with Gasteiger partial charge in [-0.05, 0) is 33.1 Å². The number of hydrogen-bond acceptors (Lipinski definition) is 4. The van der Waals surface area contributed by atoms with Gasteiger partial charge in [-0.2, -0.15) is 0 Å². The van der Waals surface area contributed by atoms with Crippen LogP contribution in [0.2, 0.25) is 0 Å². The van der Waals surface area contributed by atoms with Gasteiger partial charge in [0, 0.05) is 24.7 Å². The Hall–Kier alpha value is -1.82. The van der Waals surface area contributed by atoms with E-state index in [0.29, 0.717) is 11.8 Å². The van der Waals surface area contributed by atoms with Crippen LogP contribution in [0.1, 0.15) is 33.1 Å². The van der Waals surface area contributed by atoms with Gasteiger partial charge in [0.15, 0.2) is 11.0 Å². The van der Waals surface area contributed by atoms with Crippen LogP contribution >= 0.6 is 11.8 Å². The standard InChI is InChI=1S/C18H24N4OS/c1-3-21-17(15-10-5-4-6-11-15)19-20-18(21)24-13-16(23)22-12-8-7-9-14(22)2/h4-6,10-11,14H,3,7-9,12-13H2,1-2H3/t14-/m1/s1. The second-order valence-corrected chi connectivity index (χ2v) is 7.08. The normalized spacial score (nSPS) is 17.9. The summed E-state index contributed by atoms with van der Waals surface area (Å²) in [6.07, 6.45) is 3.45. The third-order valence-corrected chi connectivity index (χ3v) is 5.46. The molecule has 3 rings (SSSR count). The van der Waals surface area contributed by atoms with Gasteiger partial charge in [0.05, 0.1) is 5.75 Å². The van der Waals surface area contributed by atoms with Crippen molar-refractivity contribution in [1.82, 2.24) is 19.7 Å². The van der Waals surface area contributed by atoms with Crippen molar-refractivity contribution >= 4 is 17.7 Å². The first-order chi connectivity index (χ1) is 11.7. The highest BCUT2D eigenvalue weighted by atomic mass is 32.2. The molecule has 1 aliphatic heterocycles. The maximum absolute atomic E-state index is 12.5. The monoisotopic (exact) mass is 344 g/mol. The molecule has 0 bridgehead atoms. The van der Waals surface area contributed by atoms with E-state index in [1.54, 1.807) is 0 Å². The SMILES string of the molecule is CCn1c(SCC(=O)N2CCCC[C@H]2C)nnc1-c1ccccc1. The van der Waals surface area contributed by atoms with Crippen molar-refractivity contribution in [1.29, 1.82) is 0 Å². The van der Waals surface area contributed by atoms with Gasteiger partial charge < -0.3 is 9.47 Å². The van der Waals surface area contributed by atoms with E-state index in [4.69, 9.17) is 0 Å². The summed E-state index contributed by atoms with van der Waals surface area (Å²) in [4.78, 5) is 14.5. The van der Waals surface area contributed by atoms with E-state index in [-0.39, 0.29) is 5.91 Å². The van der Waals surface area contributed by atoms with E-state index in [1.807, 2.05) is 35.2 Å². The first kappa shape index (κ1) is 17.0. The van der Waals surface area contributed by atoms with Crippen molar-refractivity contribution in [2.45, 2.75) is 50.9 Å². The highest BCUT2D eigenvalue weighted by molar-refractivity contribution is 7.99. The number of amides is 1. The van der Waals surface area contributed by atoms with Crippen molar-refractivity contribution in [3.05, 3.63) is 30.3 Å². The molecule has 2 aromatic rings. The summed E-state index contributed by atoms with van der Waals surface area (Å²) in [6, 6.07) is 10.4. The van der Waals surface area contributed by atoms with Crippen LogP contribution in [0.5, 0.6) is 0 Å². The van der Waals surface area contributed by atoms with Gasteiger partial charge in [0.25, 0.3) is 0 Å². The van der Waals surface area contributed by atoms with Gasteiger partial charge in [0.1, 0.15) is 0 Å². The van der Waals surface area contributed by atoms with Crippen LogP contribution in [0.4, 0.5) is 0 Å². The lowest BCUT2D eigenvalue weighted by molar-refractivity contribution is -0.131. The molecule has 5 nitrogen and oxygen atoms in total. The number of carbonyl (C=O) groups excluding carboxylic acids is 1. The van der Waals surface area contributed by atoms with E-state index < -0.39 is 0 Å². The highest BCUT2D eigenvalue weighted by Crippen LogP contribution is 2.25. The molecule has 128 valence electrons. The van der Waals surface area contributed by atoms with Crippen molar-refractivity contribution in [3.8, 4) is 11.4 Å². The molecule has 1 saturated heterocycles. The summed E-state index contributed by atoms with van der Waals surface area (Å²) >= 11 is 1.49. The third kappa shape index (κ3) is 3.64. The fourth-order valence-electron chi connectivity index (χ4n) is 3.16. The summed E-state index contributed by atoms with van der Waals surface area (Å²) in [7, 11) is 0. The maximum Gasteiger partial charge on any atom is 0.233 e. The lowest BCUT2D eigenvalue weighted by Gasteiger charge is -2.33. The molecule has 1 atom stereocenters. The number of rotatable bonds is 5. The quantitative estimate of drug-likeness (QED) is 0.780. The Morgan fingerprint density at radius 2 is 2.04 bits per heavy atom. The zero-order valence-electron chi connectivity index (χ0n) is 14.3. The Balaban J connectivity index is 1.69. The minimum absolute atomic E-state index is 0.208. The molecule has 0 spiro atoms. The predicted molar refractivity (Wildman–Crippen MR) is 96.9 cm³/mol. The average molecular weight is 344 g/mol. The molecule has 2 heterocycles. The Morgan fingerprint density at radius 1 is 1.25 bits per heavy atom. The molecular formula is C18H24N4OS. The summed E-state index contributed by atoms with van der Waals surface area (Å²) < 4.78 is 2.08. The van der Waals surface area contributed by atoms with Crippen LogP contribution in [0.3, 0.4) is 0 Å². The summed E-state index contributed by atoms with van der Waals surface area (Å²) in [5, 5.41) is 9.45.